The summed E-state index contributed by atoms with van der Waals surface area (Å²) in [7, 11) is 0. The topological polar surface area (TPSA) is 62.1 Å². The Morgan fingerprint density at radius 2 is 2.16 bits per heavy atom. The summed E-state index contributed by atoms with van der Waals surface area (Å²) >= 11 is 0. The Labute approximate surface area is 144 Å². The van der Waals surface area contributed by atoms with E-state index in [2.05, 4.69) is 28.8 Å². The summed E-state index contributed by atoms with van der Waals surface area (Å²) in [4.78, 5) is 12.3. The smallest absolute Gasteiger partial charge is 0.405 e. The van der Waals surface area contributed by atoms with Crippen LogP contribution in [0.15, 0.2) is 18.2 Å². The van der Waals surface area contributed by atoms with Crippen LogP contribution in [-0.4, -0.2) is 12.3 Å². The highest BCUT2D eigenvalue weighted by atomic mass is 19.4. The lowest BCUT2D eigenvalue weighted by Crippen LogP contribution is -2.30. The van der Waals surface area contributed by atoms with Gasteiger partial charge < -0.3 is 10.1 Å². The Bertz CT molecular complexity index is 693. The quantitative estimate of drug-likeness (QED) is 0.663. The zero-order valence-corrected chi connectivity index (χ0v) is 13.5. The average Bonchev–Trinajstić information content (AvgIpc) is 2.76. The van der Waals surface area contributed by atoms with E-state index in [1.165, 1.54) is 0 Å². The summed E-state index contributed by atoms with van der Waals surface area (Å²) in [5.74, 6) is -0.962. The van der Waals surface area contributed by atoms with E-state index in [9.17, 15) is 18.0 Å². The second-order valence-electron chi connectivity index (χ2n) is 5.91. The van der Waals surface area contributed by atoms with Crippen LogP contribution in [0.4, 0.5) is 13.2 Å². The van der Waals surface area contributed by atoms with E-state index < -0.39 is 12.1 Å². The molecule has 1 aromatic rings. The monoisotopic (exact) mass is 350 g/mol. The fraction of sp³-hybridized carbons (Fsp3) is 0.444. The highest BCUT2D eigenvalue weighted by Crippen LogP contribution is 2.27. The van der Waals surface area contributed by atoms with Crippen LogP contribution in [0.3, 0.4) is 0 Å². The first-order valence-electron chi connectivity index (χ1n) is 7.85. The van der Waals surface area contributed by atoms with E-state index in [1.807, 2.05) is 0 Å². The molecule has 0 heterocycles. The molecule has 1 saturated carbocycles. The van der Waals surface area contributed by atoms with Gasteiger partial charge in [0.15, 0.2) is 0 Å². The number of alkyl halides is 3. The molecule has 1 N–H and O–H groups in total. The number of ether oxygens (including phenoxy) is 1. The van der Waals surface area contributed by atoms with Crippen LogP contribution in [0, 0.1) is 29.4 Å². The number of nitriles is 1. The number of hydrogen-bond donors (Lipinski definition) is 1. The summed E-state index contributed by atoms with van der Waals surface area (Å²) in [6, 6.07) is 7.50. The van der Waals surface area contributed by atoms with Crippen molar-refractivity contribution in [1.29, 1.82) is 5.26 Å². The minimum absolute atomic E-state index is 0.0114. The van der Waals surface area contributed by atoms with Crippen molar-refractivity contribution in [2.24, 2.45) is 5.92 Å². The van der Waals surface area contributed by atoms with Gasteiger partial charge in [0.1, 0.15) is 17.4 Å². The van der Waals surface area contributed by atoms with Crippen LogP contribution >= 0.6 is 0 Å². The summed E-state index contributed by atoms with van der Waals surface area (Å²) in [6.45, 7) is 3.76. The highest BCUT2D eigenvalue weighted by Gasteiger charge is 2.32. The van der Waals surface area contributed by atoms with E-state index in [0.717, 1.165) is 37.3 Å². The summed E-state index contributed by atoms with van der Waals surface area (Å²) in [6.07, 6.45) is -0.957. The Balaban J connectivity index is 2.05. The van der Waals surface area contributed by atoms with Gasteiger partial charge in [-0.25, -0.2) is 0 Å². The Kier molecular flexibility index (Phi) is 5.93. The number of hydrogen-bond acceptors (Lipinski definition) is 3. The van der Waals surface area contributed by atoms with Crippen LogP contribution < -0.4 is 10.1 Å². The van der Waals surface area contributed by atoms with Crippen LogP contribution in [0.1, 0.15) is 43.2 Å². The minimum Gasteiger partial charge on any atom is -0.405 e. The van der Waals surface area contributed by atoms with Gasteiger partial charge in [0.25, 0.3) is 0 Å². The second-order valence-corrected chi connectivity index (χ2v) is 5.91. The van der Waals surface area contributed by atoms with E-state index in [4.69, 9.17) is 5.26 Å². The van der Waals surface area contributed by atoms with Gasteiger partial charge in [-0.15, -0.1) is 13.2 Å². The summed E-state index contributed by atoms with van der Waals surface area (Å²) in [5, 5.41) is 11.4. The van der Waals surface area contributed by atoms with Gasteiger partial charge in [0.05, 0.1) is 12.1 Å². The second kappa shape index (κ2) is 7.94. The predicted molar refractivity (Wildman–Crippen MR) is 83.1 cm³/mol. The van der Waals surface area contributed by atoms with Gasteiger partial charge in [0, 0.05) is 12.0 Å². The molecule has 0 unspecified atom stereocenters. The fourth-order valence-electron chi connectivity index (χ4n) is 2.69. The number of carbonyl (C=O) groups excluding carboxylic acids is 1. The third-order valence-corrected chi connectivity index (χ3v) is 4.01. The molecular formula is C18H17F3N2O2. The first-order chi connectivity index (χ1) is 11.8. The minimum atomic E-state index is -4.90. The molecule has 1 aliphatic rings. The van der Waals surface area contributed by atoms with E-state index in [-0.39, 0.29) is 29.5 Å². The van der Waals surface area contributed by atoms with Crippen LogP contribution in [0.2, 0.25) is 0 Å². The molecule has 1 fully saturated rings. The van der Waals surface area contributed by atoms with Crippen LogP contribution in [0.25, 0.3) is 0 Å². The van der Waals surface area contributed by atoms with Crippen molar-refractivity contribution < 1.29 is 22.7 Å². The molecule has 1 atom stereocenters. The number of allylic oxidation sites excluding steroid dienone is 1. The lowest BCUT2D eigenvalue weighted by atomic mass is 9.99. The van der Waals surface area contributed by atoms with Gasteiger partial charge in [0.2, 0.25) is 5.91 Å². The Hall–Kier alpha value is -2.67. The number of nitrogens with zero attached hydrogens (tertiary/aromatic N) is 1. The molecule has 1 amide bonds. The molecule has 1 aliphatic carbocycles. The number of nitrogens with one attached hydrogen (secondary N) is 1. The molecule has 0 saturated heterocycles. The fourth-order valence-corrected chi connectivity index (χ4v) is 2.69. The molecule has 0 bridgehead atoms. The molecule has 0 aromatic heterocycles. The largest absolute Gasteiger partial charge is 0.573 e. The number of carbonyl (C=O) groups is 1. The molecule has 2 rings (SSSR count). The van der Waals surface area contributed by atoms with Gasteiger partial charge in [-0.2, -0.15) is 5.26 Å². The molecule has 1 aromatic carbocycles. The maximum Gasteiger partial charge on any atom is 0.573 e. The SMILES string of the molecule is C=C1CCC[C@@H](C(=O)NCc2c#cc(C#N)cc2OC(F)(F)F)CC1. The Morgan fingerprint density at radius 3 is 2.84 bits per heavy atom. The number of amides is 1. The van der Waals surface area contributed by atoms with E-state index in [1.54, 1.807) is 6.07 Å². The number of rotatable bonds is 4. The summed E-state index contributed by atoms with van der Waals surface area (Å²) in [5.41, 5.74) is 0.977. The first-order valence-corrected chi connectivity index (χ1v) is 7.85. The average molecular weight is 350 g/mol. The molecule has 7 heteroatoms. The number of halogens is 3. The van der Waals surface area contributed by atoms with Crippen molar-refractivity contribution in [2.75, 3.05) is 0 Å². The van der Waals surface area contributed by atoms with Crippen molar-refractivity contribution >= 4 is 5.91 Å². The Morgan fingerprint density at radius 1 is 1.40 bits per heavy atom. The molecule has 25 heavy (non-hydrogen) atoms. The van der Waals surface area contributed by atoms with E-state index >= 15 is 0 Å². The van der Waals surface area contributed by atoms with Crippen LogP contribution in [-0.2, 0) is 11.3 Å². The van der Waals surface area contributed by atoms with Crippen molar-refractivity contribution in [3.05, 3.63) is 41.5 Å². The van der Waals surface area contributed by atoms with Crippen molar-refractivity contribution in [3.8, 4) is 11.8 Å². The molecule has 132 valence electrons. The standard InChI is InChI=1S/C18H17F3N2O2/c1-12-3-2-4-14(7-5-12)17(24)23-11-15-8-6-13(10-22)9-16(15)25-18(19,20)21/h9,14H,1-5,7,11H2,(H,23,24)/t14-/m1/s1. The van der Waals surface area contributed by atoms with Gasteiger partial charge >= 0.3 is 6.36 Å². The third kappa shape index (κ3) is 5.72. The van der Waals surface area contributed by atoms with Gasteiger partial charge in [-0.05, 0) is 32.1 Å². The highest BCUT2D eigenvalue weighted by molar-refractivity contribution is 5.78. The maximum absolute atomic E-state index is 12.5. The van der Waals surface area contributed by atoms with Gasteiger partial charge in [-0.3, -0.25) is 4.79 Å². The lowest BCUT2D eigenvalue weighted by molar-refractivity contribution is -0.274. The molecule has 0 aliphatic heterocycles. The molecule has 0 radical (unpaired) electrons. The van der Waals surface area contributed by atoms with E-state index in [0.29, 0.717) is 6.42 Å². The molecular weight excluding hydrogens is 333 g/mol. The zero-order valence-electron chi connectivity index (χ0n) is 13.5. The normalized spacial score (nSPS) is 17.8. The molecule has 0 spiro atoms. The predicted octanol–water partition coefficient (Wildman–Crippen LogP) is 3.81. The van der Waals surface area contributed by atoms with Crippen molar-refractivity contribution in [2.45, 2.75) is 45.0 Å². The maximum atomic E-state index is 12.5. The van der Waals surface area contributed by atoms with Gasteiger partial charge in [-0.1, -0.05) is 24.3 Å². The third-order valence-electron chi connectivity index (χ3n) is 4.01. The zero-order chi connectivity index (χ0) is 18.4. The van der Waals surface area contributed by atoms with Crippen LogP contribution in [0.5, 0.6) is 5.75 Å². The van der Waals surface area contributed by atoms with Crippen molar-refractivity contribution in [1.82, 2.24) is 5.32 Å². The summed E-state index contributed by atoms with van der Waals surface area (Å²) < 4.78 is 41.4. The first kappa shape index (κ1) is 18.7. The molecule has 4 nitrogen and oxygen atoms in total. The van der Waals surface area contributed by atoms with Crippen molar-refractivity contribution in [3.63, 3.8) is 0 Å². The lowest BCUT2D eigenvalue weighted by Gasteiger charge is -2.15.